The van der Waals surface area contributed by atoms with Gasteiger partial charge in [-0.2, -0.15) is 0 Å². The summed E-state index contributed by atoms with van der Waals surface area (Å²) in [5.74, 6) is 0.432. The van der Waals surface area contributed by atoms with E-state index in [1.54, 1.807) is 6.92 Å². The molecular weight excluding hydrogens is 340 g/mol. The Bertz CT molecular complexity index is 669. The smallest absolute Gasteiger partial charge is 0.257 e. The molecular formula is C18H25ClN4O2. The number of rotatable bonds is 6. The predicted molar refractivity (Wildman–Crippen MR) is 100 cm³/mol. The zero-order valence-corrected chi connectivity index (χ0v) is 15.3. The third-order valence-electron chi connectivity index (χ3n) is 4.28. The molecule has 2 heterocycles. The van der Waals surface area contributed by atoms with Gasteiger partial charge in [0.2, 0.25) is 0 Å². The molecule has 1 fully saturated rings. The van der Waals surface area contributed by atoms with E-state index in [9.17, 15) is 4.79 Å². The van der Waals surface area contributed by atoms with Gasteiger partial charge in [0.25, 0.3) is 5.91 Å². The number of amides is 1. The van der Waals surface area contributed by atoms with Gasteiger partial charge in [-0.15, -0.1) is 12.4 Å². The van der Waals surface area contributed by atoms with Crippen LogP contribution in [0.3, 0.4) is 0 Å². The average Bonchev–Trinajstić information content (AvgIpc) is 3.02. The lowest BCUT2D eigenvalue weighted by molar-refractivity contribution is 0.0950. The maximum Gasteiger partial charge on any atom is 0.257 e. The van der Waals surface area contributed by atoms with Gasteiger partial charge < -0.3 is 20.1 Å². The molecule has 25 heavy (non-hydrogen) atoms. The lowest BCUT2D eigenvalue weighted by Gasteiger charge is -2.27. The highest BCUT2D eigenvalue weighted by Crippen LogP contribution is 2.24. The first-order valence-corrected chi connectivity index (χ1v) is 8.48. The highest BCUT2D eigenvalue weighted by molar-refractivity contribution is 6.00. The third kappa shape index (κ3) is 5.04. The Hall–Kier alpha value is -1.89. The monoisotopic (exact) mass is 364 g/mol. The number of piperazine rings is 1. The molecule has 0 saturated carbocycles. The van der Waals surface area contributed by atoms with Gasteiger partial charge in [-0.25, -0.2) is 0 Å². The second-order valence-corrected chi connectivity index (χ2v) is 6.03. The highest BCUT2D eigenvalue weighted by Gasteiger charge is 2.21. The minimum atomic E-state index is -0.118. The number of nitrogens with one attached hydrogen (secondary N) is 2. The Morgan fingerprint density at radius 2 is 2.00 bits per heavy atom. The predicted octanol–water partition coefficient (Wildman–Crippen LogP) is 2.10. The van der Waals surface area contributed by atoms with E-state index >= 15 is 0 Å². The minimum absolute atomic E-state index is 0. The molecule has 136 valence electrons. The van der Waals surface area contributed by atoms with Crippen molar-refractivity contribution < 1.29 is 9.32 Å². The standard InChI is InChI=1S/C18H24N4O2.ClH/c1-14-16(17(21-24-14)15-6-3-2-4-7-15)18(23)20-8-5-11-22-12-9-19-10-13-22;/h2-4,6-7,19H,5,8-13H2,1H3,(H,20,23);1H. The van der Waals surface area contributed by atoms with E-state index in [1.165, 1.54) is 0 Å². The van der Waals surface area contributed by atoms with Crippen LogP contribution in [0, 0.1) is 6.92 Å². The summed E-state index contributed by atoms with van der Waals surface area (Å²) in [6.45, 7) is 7.69. The largest absolute Gasteiger partial charge is 0.360 e. The van der Waals surface area contributed by atoms with Crippen LogP contribution in [-0.2, 0) is 0 Å². The van der Waals surface area contributed by atoms with Gasteiger partial charge in [0.15, 0.2) is 0 Å². The number of aryl methyl sites for hydroxylation is 1. The molecule has 1 aliphatic rings. The van der Waals surface area contributed by atoms with Gasteiger partial charge in [-0.05, 0) is 19.9 Å². The topological polar surface area (TPSA) is 70.4 Å². The summed E-state index contributed by atoms with van der Waals surface area (Å²) in [5, 5.41) is 10.4. The summed E-state index contributed by atoms with van der Waals surface area (Å²) in [5.41, 5.74) is 2.02. The number of nitrogens with zero attached hydrogens (tertiary/aromatic N) is 2. The van der Waals surface area contributed by atoms with E-state index in [0.29, 0.717) is 23.6 Å². The lowest BCUT2D eigenvalue weighted by Crippen LogP contribution is -2.44. The first kappa shape index (κ1) is 19.4. The lowest BCUT2D eigenvalue weighted by atomic mass is 10.1. The van der Waals surface area contributed by atoms with Crippen LogP contribution in [0.1, 0.15) is 22.5 Å². The van der Waals surface area contributed by atoms with Gasteiger partial charge in [0.05, 0.1) is 0 Å². The summed E-state index contributed by atoms with van der Waals surface area (Å²) in [4.78, 5) is 15.0. The molecule has 0 bridgehead atoms. The van der Waals surface area contributed by atoms with E-state index in [1.807, 2.05) is 30.3 Å². The molecule has 0 unspecified atom stereocenters. The second kappa shape index (κ2) is 9.56. The van der Waals surface area contributed by atoms with Crippen LogP contribution < -0.4 is 10.6 Å². The Morgan fingerprint density at radius 3 is 2.72 bits per heavy atom. The zero-order valence-electron chi connectivity index (χ0n) is 14.5. The first-order chi connectivity index (χ1) is 11.8. The van der Waals surface area contributed by atoms with Crippen LogP contribution in [0.15, 0.2) is 34.9 Å². The molecule has 1 saturated heterocycles. The Labute approximate surface area is 154 Å². The fourth-order valence-corrected chi connectivity index (χ4v) is 2.96. The molecule has 2 aromatic rings. The number of aromatic nitrogens is 1. The number of hydrogen-bond acceptors (Lipinski definition) is 5. The summed E-state index contributed by atoms with van der Waals surface area (Å²) < 4.78 is 5.25. The van der Waals surface area contributed by atoms with Crippen LogP contribution in [0.5, 0.6) is 0 Å². The molecule has 0 atom stereocenters. The normalized spacial score (nSPS) is 14.8. The maximum atomic E-state index is 12.5. The van der Waals surface area contributed by atoms with Crippen LogP contribution in [0.2, 0.25) is 0 Å². The molecule has 6 nitrogen and oxygen atoms in total. The number of hydrogen-bond donors (Lipinski definition) is 2. The number of benzene rings is 1. The van der Waals surface area contributed by atoms with Crippen LogP contribution in [0.4, 0.5) is 0 Å². The fraction of sp³-hybridized carbons (Fsp3) is 0.444. The van der Waals surface area contributed by atoms with Gasteiger partial charge in [0, 0.05) is 38.3 Å². The van der Waals surface area contributed by atoms with Gasteiger partial charge >= 0.3 is 0 Å². The third-order valence-corrected chi connectivity index (χ3v) is 4.28. The minimum Gasteiger partial charge on any atom is -0.360 e. The van der Waals surface area contributed by atoms with E-state index in [2.05, 4.69) is 20.7 Å². The second-order valence-electron chi connectivity index (χ2n) is 6.03. The molecule has 1 aromatic carbocycles. The zero-order chi connectivity index (χ0) is 16.8. The van der Waals surface area contributed by atoms with E-state index in [4.69, 9.17) is 4.52 Å². The summed E-state index contributed by atoms with van der Waals surface area (Å²) in [6.07, 6.45) is 0.941. The Morgan fingerprint density at radius 1 is 1.28 bits per heavy atom. The first-order valence-electron chi connectivity index (χ1n) is 8.48. The van der Waals surface area contributed by atoms with E-state index in [-0.39, 0.29) is 18.3 Å². The van der Waals surface area contributed by atoms with E-state index in [0.717, 1.165) is 44.7 Å². The van der Waals surface area contributed by atoms with Crippen molar-refractivity contribution in [2.24, 2.45) is 0 Å². The van der Waals surface area contributed by atoms with Crippen molar-refractivity contribution in [2.75, 3.05) is 39.3 Å². The molecule has 3 rings (SSSR count). The van der Waals surface area contributed by atoms with Crippen molar-refractivity contribution in [3.63, 3.8) is 0 Å². The van der Waals surface area contributed by atoms with Crippen molar-refractivity contribution in [3.8, 4) is 11.3 Å². The SMILES string of the molecule is Cc1onc(-c2ccccc2)c1C(=O)NCCCN1CCNCC1.Cl. The van der Waals surface area contributed by atoms with E-state index < -0.39 is 0 Å². The molecule has 0 spiro atoms. The van der Waals surface area contributed by atoms with Crippen molar-refractivity contribution in [1.82, 2.24) is 20.7 Å². The highest BCUT2D eigenvalue weighted by atomic mass is 35.5. The maximum absolute atomic E-state index is 12.5. The molecule has 2 N–H and O–H groups in total. The number of carbonyl (C=O) groups excluding carboxylic acids is 1. The number of halogens is 1. The fourth-order valence-electron chi connectivity index (χ4n) is 2.96. The Balaban J connectivity index is 0.00000225. The molecule has 0 radical (unpaired) electrons. The van der Waals surface area contributed by atoms with Crippen molar-refractivity contribution in [2.45, 2.75) is 13.3 Å². The van der Waals surface area contributed by atoms with Crippen LogP contribution >= 0.6 is 12.4 Å². The molecule has 0 aliphatic carbocycles. The van der Waals surface area contributed by atoms with Crippen molar-refractivity contribution in [3.05, 3.63) is 41.7 Å². The Kier molecular flexibility index (Phi) is 7.43. The van der Waals surface area contributed by atoms with Crippen molar-refractivity contribution in [1.29, 1.82) is 0 Å². The molecule has 1 aliphatic heterocycles. The average molecular weight is 365 g/mol. The molecule has 1 aromatic heterocycles. The van der Waals surface area contributed by atoms with Crippen molar-refractivity contribution >= 4 is 18.3 Å². The quantitative estimate of drug-likeness (QED) is 0.768. The molecule has 1 amide bonds. The van der Waals surface area contributed by atoms with Crippen LogP contribution in [-0.4, -0.2) is 55.2 Å². The van der Waals surface area contributed by atoms with Gasteiger partial charge in [-0.1, -0.05) is 35.5 Å². The number of carbonyl (C=O) groups is 1. The van der Waals surface area contributed by atoms with Gasteiger partial charge in [-0.3, -0.25) is 4.79 Å². The molecule has 7 heteroatoms. The summed E-state index contributed by atoms with van der Waals surface area (Å²) >= 11 is 0. The summed E-state index contributed by atoms with van der Waals surface area (Å²) in [6, 6.07) is 9.65. The summed E-state index contributed by atoms with van der Waals surface area (Å²) in [7, 11) is 0. The van der Waals surface area contributed by atoms with Crippen LogP contribution in [0.25, 0.3) is 11.3 Å². The van der Waals surface area contributed by atoms with Gasteiger partial charge in [0.1, 0.15) is 17.0 Å².